The Kier molecular flexibility index (Phi) is 5.58. The first-order valence-corrected chi connectivity index (χ1v) is 8.85. The maximum Gasteiger partial charge on any atom is 0.302 e. The fraction of sp³-hybridized carbons (Fsp3) is 0.300. The highest BCUT2D eigenvalue weighted by Gasteiger charge is 2.21. The van der Waals surface area contributed by atoms with Crippen molar-refractivity contribution in [3.05, 3.63) is 46.0 Å². The van der Waals surface area contributed by atoms with Gasteiger partial charge in [0.1, 0.15) is 11.1 Å². The minimum atomic E-state index is -0.403. The topological polar surface area (TPSA) is 104 Å². The van der Waals surface area contributed by atoms with Gasteiger partial charge in [-0.15, -0.1) is 0 Å². The van der Waals surface area contributed by atoms with E-state index in [9.17, 15) is 14.9 Å². The third-order valence-electron chi connectivity index (χ3n) is 4.44. The van der Waals surface area contributed by atoms with Gasteiger partial charge < -0.3 is 14.8 Å². The number of carbonyl (C=O) groups excluding carboxylic acids is 1. The molecule has 0 saturated heterocycles. The summed E-state index contributed by atoms with van der Waals surface area (Å²) in [5, 5.41) is 16.1. The Morgan fingerprint density at radius 2 is 2.07 bits per heavy atom. The van der Waals surface area contributed by atoms with Crippen LogP contribution in [0.3, 0.4) is 0 Å². The molecule has 0 atom stereocenters. The predicted octanol–water partition coefficient (Wildman–Crippen LogP) is 3.98. The van der Waals surface area contributed by atoms with Crippen LogP contribution in [0.1, 0.15) is 18.9 Å². The van der Waals surface area contributed by atoms with Crippen LogP contribution in [0.15, 0.2) is 30.3 Å². The molecule has 8 nitrogen and oxygen atoms in total. The third kappa shape index (κ3) is 3.80. The highest BCUT2D eigenvalue weighted by atomic mass is 16.6. The molecule has 0 radical (unpaired) electrons. The van der Waals surface area contributed by atoms with Crippen LogP contribution >= 0.6 is 0 Å². The zero-order chi connectivity index (χ0) is 20.3. The summed E-state index contributed by atoms with van der Waals surface area (Å²) in [7, 11) is 1.56. The smallest absolute Gasteiger partial charge is 0.302 e. The molecule has 1 aromatic heterocycles. The molecular weight excluding hydrogens is 362 g/mol. The zero-order valence-corrected chi connectivity index (χ0v) is 15.9. The molecule has 3 aromatic rings. The summed E-state index contributed by atoms with van der Waals surface area (Å²) in [6, 6.07) is 8.64. The molecule has 0 aliphatic carbocycles. The Morgan fingerprint density at radius 3 is 2.75 bits per heavy atom. The quantitative estimate of drug-likeness (QED) is 0.216. The molecule has 0 bridgehead atoms. The first kappa shape index (κ1) is 19.3. The number of hydrogen-bond donors (Lipinski definition) is 1. The SMILES string of the molecule is COc1ccc2nc3c(C)ccc([N+](=O)[O-])c3c(NCCCOC(C)=O)c2c1. The van der Waals surface area contributed by atoms with E-state index in [4.69, 9.17) is 9.47 Å². The lowest BCUT2D eigenvalue weighted by Gasteiger charge is -2.15. The van der Waals surface area contributed by atoms with Crippen LogP contribution in [0.5, 0.6) is 5.75 Å². The van der Waals surface area contributed by atoms with Gasteiger partial charge in [-0.1, -0.05) is 6.07 Å². The van der Waals surface area contributed by atoms with Crippen LogP contribution in [-0.2, 0) is 9.53 Å². The van der Waals surface area contributed by atoms with Crippen molar-refractivity contribution in [2.75, 3.05) is 25.6 Å². The van der Waals surface area contributed by atoms with Crippen LogP contribution in [0.4, 0.5) is 11.4 Å². The molecular formula is C20H21N3O5. The van der Waals surface area contributed by atoms with Crippen molar-refractivity contribution in [3.63, 3.8) is 0 Å². The Balaban J connectivity index is 2.16. The van der Waals surface area contributed by atoms with E-state index < -0.39 is 4.92 Å². The predicted molar refractivity (Wildman–Crippen MR) is 107 cm³/mol. The summed E-state index contributed by atoms with van der Waals surface area (Å²) < 4.78 is 10.3. The van der Waals surface area contributed by atoms with Crippen molar-refractivity contribution in [1.82, 2.24) is 4.98 Å². The monoisotopic (exact) mass is 383 g/mol. The van der Waals surface area contributed by atoms with E-state index in [1.54, 1.807) is 19.2 Å². The lowest BCUT2D eigenvalue weighted by molar-refractivity contribution is -0.383. The molecule has 0 fully saturated rings. The summed E-state index contributed by atoms with van der Waals surface area (Å²) in [6.07, 6.45) is 0.564. The normalized spacial score (nSPS) is 10.8. The van der Waals surface area contributed by atoms with Gasteiger partial charge in [-0.25, -0.2) is 4.98 Å². The van der Waals surface area contributed by atoms with E-state index in [0.29, 0.717) is 40.8 Å². The minimum Gasteiger partial charge on any atom is -0.497 e. The van der Waals surface area contributed by atoms with Gasteiger partial charge in [0, 0.05) is 24.9 Å². The first-order valence-electron chi connectivity index (χ1n) is 8.85. The van der Waals surface area contributed by atoms with Gasteiger partial charge in [0.05, 0.1) is 35.4 Å². The molecule has 2 aromatic carbocycles. The van der Waals surface area contributed by atoms with Crippen LogP contribution in [0, 0.1) is 17.0 Å². The van der Waals surface area contributed by atoms with Gasteiger partial charge in [-0.05, 0) is 37.1 Å². The number of benzene rings is 2. The number of carbonyl (C=O) groups is 1. The molecule has 3 rings (SSSR count). The van der Waals surface area contributed by atoms with Gasteiger partial charge in [-0.2, -0.15) is 0 Å². The van der Waals surface area contributed by atoms with Crippen LogP contribution in [-0.4, -0.2) is 36.1 Å². The number of rotatable bonds is 7. The third-order valence-corrected chi connectivity index (χ3v) is 4.44. The Labute approximate surface area is 161 Å². The number of anilines is 1. The molecule has 0 spiro atoms. The largest absolute Gasteiger partial charge is 0.497 e. The number of nitrogens with zero attached hydrogens (tertiary/aromatic N) is 2. The fourth-order valence-corrected chi connectivity index (χ4v) is 3.11. The molecule has 146 valence electrons. The summed E-state index contributed by atoms with van der Waals surface area (Å²) in [6.45, 7) is 3.98. The van der Waals surface area contributed by atoms with E-state index in [0.717, 1.165) is 10.9 Å². The Bertz CT molecular complexity index is 1060. The molecule has 8 heteroatoms. The van der Waals surface area contributed by atoms with Crippen molar-refractivity contribution >= 4 is 39.1 Å². The number of aromatic nitrogens is 1. The molecule has 0 saturated carbocycles. The Hall–Kier alpha value is -3.42. The molecule has 1 heterocycles. The summed E-state index contributed by atoms with van der Waals surface area (Å²) in [5.74, 6) is 0.294. The van der Waals surface area contributed by atoms with E-state index in [-0.39, 0.29) is 18.3 Å². The lowest BCUT2D eigenvalue weighted by atomic mass is 10.0. The zero-order valence-electron chi connectivity index (χ0n) is 15.9. The highest BCUT2D eigenvalue weighted by molar-refractivity contribution is 6.12. The molecule has 0 aliphatic heterocycles. The maximum absolute atomic E-state index is 11.7. The number of nitrogens with one attached hydrogen (secondary N) is 1. The number of aryl methyl sites for hydroxylation is 1. The second kappa shape index (κ2) is 8.08. The van der Waals surface area contributed by atoms with E-state index in [2.05, 4.69) is 10.3 Å². The van der Waals surface area contributed by atoms with Crippen molar-refractivity contribution in [2.45, 2.75) is 20.3 Å². The highest BCUT2D eigenvalue weighted by Crippen LogP contribution is 2.39. The molecule has 0 amide bonds. The number of hydrogen-bond acceptors (Lipinski definition) is 7. The van der Waals surface area contributed by atoms with E-state index in [1.807, 2.05) is 19.1 Å². The van der Waals surface area contributed by atoms with Crippen LogP contribution in [0.25, 0.3) is 21.8 Å². The number of methoxy groups -OCH3 is 1. The van der Waals surface area contributed by atoms with Crippen LogP contribution in [0.2, 0.25) is 0 Å². The molecule has 0 unspecified atom stereocenters. The van der Waals surface area contributed by atoms with Crippen LogP contribution < -0.4 is 10.1 Å². The van der Waals surface area contributed by atoms with Gasteiger partial charge in [0.25, 0.3) is 5.69 Å². The molecule has 28 heavy (non-hydrogen) atoms. The minimum absolute atomic E-state index is 0.0136. The van der Waals surface area contributed by atoms with Crippen molar-refractivity contribution < 1.29 is 19.2 Å². The van der Waals surface area contributed by atoms with Gasteiger partial charge in [0.15, 0.2) is 0 Å². The second-order valence-electron chi connectivity index (χ2n) is 6.37. The van der Waals surface area contributed by atoms with Crippen molar-refractivity contribution in [2.24, 2.45) is 0 Å². The van der Waals surface area contributed by atoms with Gasteiger partial charge in [0.2, 0.25) is 0 Å². The second-order valence-corrected chi connectivity index (χ2v) is 6.37. The maximum atomic E-state index is 11.7. The standard InChI is InChI=1S/C20H21N3O5/c1-12-5-8-17(23(25)26)18-19(12)22-16-7-6-14(27-3)11-15(16)20(18)21-9-4-10-28-13(2)24/h5-8,11H,4,9-10H2,1-3H3,(H,21,22). The number of non-ortho nitro benzene ring substituents is 1. The molecule has 0 aliphatic rings. The number of fused-ring (bicyclic) bond motifs is 2. The number of nitro benzene ring substituents is 1. The number of pyridine rings is 1. The average Bonchev–Trinajstić information content (AvgIpc) is 2.66. The summed E-state index contributed by atoms with van der Waals surface area (Å²) in [5.41, 5.74) is 2.74. The summed E-state index contributed by atoms with van der Waals surface area (Å²) >= 11 is 0. The number of esters is 1. The Morgan fingerprint density at radius 1 is 1.29 bits per heavy atom. The van der Waals surface area contributed by atoms with E-state index in [1.165, 1.54) is 13.0 Å². The van der Waals surface area contributed by atoms with E-state index >= 15 is 0 Å². The number of ether oxygens (including phenoxy) is 2. The fourth-order valence-electron chi connectivity index (χ4n) is 3.11. The lowest BCUT2D eigenvalue weighted by Crippen LogP contribution is -2.09. The molecule has 1 N–H and O–H groups in total. The van der Waals surface area contributed by atoms with Crippen molar-refractivity contribution in [3.8, 4) is 5.75 Å². The van der Waals surface area contributed by atoms with Gasteiger partial charge in [-0.3, -0.25) is 14.9 Å². The van der Waals surface area contributed by atoms with Crippen molar-refractivity contribution in [1.29, 1.82) is 0 Å². The average molecular weight is 383 g/mol. The summed E-state index contributed by atoms with van der Waals surface area (Å²) in [4.78, 5) is 26.8. The first-order chi connectivity index (χ1) is 13.4. The number of nitro groups is 1. The van der Waals surface area contributed by atoms with Gasteiger partial charge >= 0.3 is 5.97 Å².